The lowest BCUT2D eigenvalue weighted by Gasteiger charge is -2.09. The molecule has 0 spiro atoms. The lowest BCUT2D eigenvalue weighted by atomic mass is 10.1. The van der Waals surface area contributed by atoms with Crippen molar-refractivity contribution in [1.29, 1.82) is 0 Å². The molecule has 0 N–H and O–H groups in total. The van der Waals surface area contributed by atoms with E-state index in [9.17, 15) is 13.2 Å². The van der Waals surface area contributed by atoms with Gasteiger partial charge in [0.2, 0.25) is 0 Å². The van der Waals surface area contributed by atoms with Crippen molar-refractivity contribution in [3.8, 4) is 0 Å². The third-order valence-corrected chi connectivity index (χ3v) is 1.95. The highest BCUT2D eigenvalue weighted by molar-refractivity contribution is 14.1. The van der Waals surface area contributed by atoms with Crippen molar-refractivity contribution < 1.29 is 13.2 Å². The van der Waals surface area contributed by atoms with Gasteiger partial charge in [0, 0.05) is 6.42 Å². The summed E-state index contributed by atoms with van der Waals surface area (Å²) < 4.78 is 36.6. The molecule has 0 aromatic rings. The van der Waals surface area contributed by atoms with Crippen LogP contribution in [0.2, 0.25) is 0 Å². The minimum absolute atomic E-state index is 0.0411. The van der Waals surface area contributed by atoms with Crippen LogP contribution in [0.15, 0.2) is 27.0 Å². The molecule has 0 aromatic carbocycles. The van der Waals surface area contributed by atoms with E-state index >= 15 is 0 Å². The average Bonchev–Trinajstić information content (AvgIpc) is 1.86. The Labute approximate surface area is 75.6 Å². The fourth-order valence-corrected chi connectivity index (χ4v) is 1.25. The van der Waals surface area contributed by atoms with E-state index in [1.807, 2.05) is 22.6 Å². The second-order valence-electron chi connectivity index (χ2n) is 2.08. The normalized spacial score (nSPS) is 17.8. The molecule has 0 radical (unpaired) electrons. The highest BCUT2D eigenvalue weighted by atomic mass is 127. The predicted octanol–water partition coefficient (Wildman–Crippen LogP) is 3.35. The van der Waals surface area contributed by atoms with E-state index in [0.29, 0.717) is 3.58 Å². The van der Waals surface area contributed by atoms with Gasteiger partial charge in [-0.3, -0.25) is 0 Å². The van der Waals surface area contributed by atoms with Crippen molar-refractivity contribution in [1.82, 2.24) is 0 Å². The summed E-state index contributed by atoms with van der Waals surface area (Å²) in [6.45, 7) is 0. The molecule has 0 amide bonds. The van der Waals surface area contributed by atoms with Gasteiger partial charge in [-0.1, -0.05) is 0 Å². The summed E-state index contributed by atoms with van der Waals surface area (Å²) in [6.07, 6.45) is -1.34. The molecule has 0 aliphatic heterocycles. The van der Waals surface area contributed by atoms with Crippen LogP contribution < -0.4 is 0 Å². The molecule has 0 atom stereocenters. The number of rotatable bonds is 0. The van der Waals surface area contributed by atoms with Crippen LogP contribution in [0, 0.1) is 0 Å². The number of hydrogen-bond donors (Lipinski definition) is 0. The minimum Gasteiger partial charge on any atom is -0.166 e. The predicted molar refractivity (Wildman–Crippen MR) is 44.4 cm³/mol. The zero-order chi connectivity index (χ0) is 8.48. The fourth-order valence-electron chi connectivity index (χ4n) is 0.694. The van der Waals surface area contributed by atoms with Crippen molar-refractivity contribution in [3.63, 3.8) is 0 Å². The number of alkyl halides is 3. The lowest BCUT2D eigenvalue weighted by molar-refractivity contribution is -0.0928. The first kappa shape index (κ1) is 8.87. The maximum atomic E-state index is 12.0. The molecule has 0 fully saturated rings. The monoisotopic (exact) mass is 272 g/mol. The molecule has 0 heterocycles. The first-order valence-electron chi connectivity index (χ1n) is 2.87. The Morgan fingerprint density at radius 2 is 2.09 bits per heavy atom. The van der Waals surface area contributed by atoms with Gasteiger partial charge in [0.05, 0.1) is 5.57 Å². The zero-order valence-electron chi connectivity index (χ0n) is 5.37. The minimum atomic E-state index is -4.22. The average molecular weight is 272 g/mol. The molecular weight excluding hydrogens is 268 g/mol. The Hall–Kier alpha value is -0.220. The van der Waals surface area contributed by atoms with Crippen LogP contribution in [0.3, 0.4) is 0 Å². The van der Waals surface area contributed by atoms with E-state index in [2.05, 4.69) is 5.73 Å². The summed E-state index contributed by atoms with van der Waals surface area (Å²) in [4.78, 5) is 0. The standard InChI is InChI=1S/C7H4F3I/c8-7(9,10)5-2-1-3-6(11)4-5/h1,3H,4H2. The quantitative estimate of drug-likeness (QED) is 0.468. The van der Waals surface area contributed by atoms with Crippen molar-refractivity contribution in [2.75, 3.05) is 0 Å². The van der Waals surface area contributed by atoms with Crippen molar-refractivity contribution in [2.45, 2.75) is 12.6 Å². The van der Waals surface area contributed by atoms with Gasteiger partial charge < -0.3 is 0 Å². The van der Waals surface area contributed by atoms with Crippen LogP contribution in [0.5, 0.6) is 0 Å². The van der Waals surface area contributed by atoms with Gasteiger partial charge in [-0.2, -0.15) is 13.2 Å². The molecule has 0 bridgehead atoms. The van der Waals surface area contributed by atoms with E-state index < -0.39 is 11.7 Å². The van der Waals surface area contributed by atoms with Crippen molar-refractivity contribution >= 4 is 22.6 Å². The molecule has 60 valence electrons. The summed E-state index contributed by atoms with van der Waals surface area (Å²) in [5, 5.41) is 0. The van der Waals surface area contributed by atoms with Gasteiger partial charge >= 0.3 is 6.18 Å². The second-order valence-corrected chi connectivity index (χ2v) is 3.46. The zero-order valence-corrected chi connectivity index (χ0v) is 7.53. The Morgan fingerprint density at radius 3 is 2.45 bits per heavy atom. The summed E-state index contributed by atoms with van der Waals surface area (Å²) >= 11 is 1.88. The number of hydrogen-bond acceptors (Lipinski definition) is 0. The number of allylic oxidation sites excluding steroid dienone is 3. The first-order chi connectivity index (χ1) is 5.00. The summed E-state index contributed by atoms with van der Waals surface area (Å²) in [5.41, 5.74) is 1.58. The summed E-state index contributed by atoms with van der Waals surface area (Å²) in [5.74, 6) is 0. The smallest absolute Gasteiger partial charge is 0.166 e. The van der Waals surface area contributed by atoms with Crippen LogP contribution in [-0.4, -0.2) is 6.18 Å². The SMILES string of the molecule is FC(F)(F)C1=C=CC=C(I)C1. The molecular formula is C7H4F3I. The van der Waals surface area contributed by atoms with E-state index in [1.54, 1.807) is 6.08 Å². The van der Waals surface area contributed by atoms with Crippen molar-refractivity contribution in [2.24, 2.45) is 0 Å². The van der Waals surface area contributed by atoms with Crippen LogP contribution in [-0.2, 0) is 0 Å². The molecule has 0 nitrogen and oxygen atoms in total. The summed E-state index contributed by atoms with van der Waals surface area (Å²) in [7, 11) is 0. The van der Waals surface area contributed by atoms with Crippen LogP contribution in [0.4, 0.5) is 13.2 Å². The van der Waals surface area contributed by atoms with Crippen molar-refractivity contribution in [3.05, 3.63) is 27.0 Å². The Kier molecular flexibility index (Phi) is 2.44. The molecule has 0 saturated heterocycles. The van der Waals surface area contributed by atoms with E-state index in [1.165, 1.54) is 6.08 Å². The third-order valence-electron chi connectivity index (χ3n) is 1.21. The summed E-state index contributed by atoms with van der Waals surface area (Å²) in [6, 6.07) is 0. The Bertz CT molecular complexity index is 253. The van der Waals surface area contributed by atoms with Gasteiger partial charge in [-0.05, 0) is 38.3 Å². The third kappa shape index (κ3) is 2.38. The molecule has 11 heavy (non-hydrogen) atoms. The molecule has 4 heteroatoms. The van der Waals surface area contributed by atoms with Gasteiger partial charge in [-0.25, -0.2) is 0 Å². The van der Waals surface area contributed by atoms with Gasteiger partial charge in [0.15, 0.2) is 0 Å². The molecule has 0 aromatic heterocycles. The first-order valence-corrected chi connectivity index (χ1v) is 3.95. The Balaban J connectivity index is 2.88. The van der Waals surface area contributed by atoms with Gasteiger partial charge in [0.1, 0.15) is 0 Å². The molecule has 0 unspecified atom stereocenters. The van der Waals surface area contributed by atoms with Crippen LogP contribution >= 0.6 is 22.6 Å². The van der Waals surface area contributed by atoms with E-state index in [0.717, 1.165) is 0 Å². The molecule has 1 rings (SSSR count). The maximum absolute atomic E-state index is 12.0. The highest BCUT2D eigenvalue weighted by Gasteiger charge is 2.33. The molecule has 1 aliphatic rings. The van der Waals surface area contributed by atoms with E-state index in [4.69, 9.17) is 0 Å². The van der Waals surface area contributed by atoms with Gasteiger partial charge in [-0.15, -0.1) is 5.73 Å². The molecule has 1 aliphatic carbocycles. The lowest BCUT2D eigenvalue weighted by Crippen LogP contribution is -2.11. The molecule has 0 saturated carbocycles. The number of halogens is 4. The second kappa shape index (κ2) is 3.03. The van der Waals surface area contributed by atoms with Crippen LogP contribution in [0.1, 0.15) is 6.42 Å². The van der Waals surface area contributed by atoms with Gasteiger partial charge in [0.25, 0.3) is 0 Å². The maximum Gasteiger partial charge on any atom is 0.420 e. The fraction of sp³-hybridized carbons (Fsp3) is 0.286. The topological polar surface area (TPSA) is 0 Å². The highest BCUT2D eigenvalue weighted by Crippen LogP contribution is 2.32. The van der Waals surface area contributed by atoms with E-state index in [-0.39, 0.29) is 6.42 Å². The largest absolute Gasteiger partial charge is 0.420 e. The Morgan fingerprint density at radius 1 is 1.45 bits per heavy atom. The van der Waals surface area contributed by atoms with Crippen LogP contribution in [0.25, 0.3) is 0 Å².